The predicted molar refractivity (Wildman–Crippen MR) is 78.4 cm³/mol. The smallest absolute Gasteiger partial charge is 0.256 e. The van der Waals surface area contributed by atoms with Crippen molar-refractivity contribution in [3.05, 3.63) is 35.7 Å². The SMILES string of the molecule is CC1=CC(C)(C)N([C@H](C)C(=O)NN)c2ccc(F)cc21. The topological polar surface area (TPSA) is 58.4 Å². The van der Waals surface area contributed by atoms with Crippen molar-refractivity contribution in [3.8, 4) is 0 Å². The Morgan fingerprint density at radius 3 is 2.70 bits per heavy atom. The molecule has 2 rings (SSSR count). The number of allylic oxidation sites excluding steroid dienone is 1. The van der Waals surface area contributed by atoms with Gasteiger partial charge in [0.15, 0.2) is 0 Å². The molecule has 0 bridgehead atoms. The molecule has 0 aromatic heterocycles. The Hall–Kier alpha value is -1.88. The lowest BCUT2D eigenvalue weighted by Gasteiger charge is -2.46. The zero-order valence-electron chi connectivity index (χ0n) is 12.2. The summed E-state index contributed by atoms with van der Waals surface area (Å²) in [5.74, 6) is 4.68. The van der Waals surface area contributed by atoms with Gasteiger partial charge in [0, 0.05) is 11.3 Å². The molecule has 0 unspecified atom stereocenters. The molecule has 5 heteroatoms. The van der Waals surface area contributed by atoms with Gasteiger partial charge in [0.25, 0.3) is 5.91 Å². The van der Waals surface area contributed by atoms with Crippen molar-refractivity contribution in [1.29, 1.82) is 0 Å². The van der Waals surface area contributed by atoms with Gasteiger partial charge in [0.2, 0.25) is 0 Å². The zero-order valence-corrected chi connectivity index (χ0v) is 12.2. The molecule has 0 saturated carbocycles. The highest BCUT2D eigenvalue weighted by Crippen LogP contribution is 2.40. The number of rotatable bonds is 2. The Kier molecular flexibility index (Phi) is 3.56. The van der Waals surface area contributed by atoms with Crippen LogP contribution in [0.15, 0.2) is 24.3 Å². The normalized spacial score (nSPS) is 18.1. The molecule has 0 radical (unpaired) electrons. The summed E-state index contributed by atoms with van der Waals surface area (Å²) >= 11 is 0. The average molecular weight is 277 g/mol. The van der Waals surface area contributed by atoms with Crippen LogP contribution in [-0.2, 0) is 4.79 Å². The highest BCUT2D eigenvalue weighted by Gasteiger charge is 2.36. The molecule has 1 amide bonds. The Bertz CT molecular complexity index is 580. The first-order chi connectivity index (χ1) is 9.27. The van der Waals surface area contributed by atoms with Gasteiger partial charge in [-0.05, 0) is 51.5 Å². The third-order valence-corrected chi connectivity index (χ3v) is 3.74. The lowest BCUT2D eigenvalue weighted by molar-refractivity contribution is -0.122. The molecular formula is C15H20FN3O. The van der Waals surface area contributed by atoms with Crippen LogP contribution >= 0.6 is 0 Å². The van der Waals surface area contributed by atoms with E-state index in [9.17, 15) is 9.18 Å². The largest absolute Gasteiger partial charge is 0.351 e. The molecule has 0 fully saturated rings. The number of nitrogens with zero attached hydrogens (tertiary/aromatic N) is 1. The van der Waals surface area contributed by atoms with E-state index < -0.39 is 6.04 Å². The van der Waals surface area contributed by atoms with Crippen molar-refractivity contribution < 1.29 is 9.18 Å². The first-order valence-electron chi connectivity index (χ1n) is 6.57. The predicted octanol–water partition coefficient (Wildman–Crippen LogP) is 2.21. The van der Waals surface area contributed by atoms with Crippen LogP contribution in [0.2, 0.25) is 0 Å². The van der Waals surface area contributed by atoms with E-state index in [1.165, 1.54) is 12.1 Å². The van der Waals surface area contributed by atoms with Crippen LogP contribution in [-0.4, -0.2) is 17.5 Å². The van der Waals surface area contributed by atoms with Crippen molar-refractivity contribution in [3.63, 3.8) is 0 Å². The molecule has 1 atom stereocenters. The van der Waals surface area contributed by atoms with Gasteiger partial charge in [-0.1, -0.05) is 6.08 Å². The van der Waals surface area contributed by atoms with Crippen LogP contribution in [0.1, 0.15) is 33.3 Å². The highest BCUT2D eigenvalue weighted by atomic mass is 19.1. The lowest BCUT2D eigenvalue weighted by Crippen LogP contribution is -2.56. The van der Waals surface area contributed by atoms with E-state index in [0.717, 1.165) is 16.8 Å². The molecule has 20 heavy (non-hydrogen) atoms. The second kappa shape index (κ2) is 4.90. The van der Waals surface area contributed by atoms with Gasteiger partial charge < -0.3 is 4.90 Å². The monoisotopic (exact) mass is 277 g/mol. The fourth-order valence-electron chi connectivity index (χ4n) is 2.97. The second-order valence-electron chi connectivity index (χ2n) is 5.70. The summed E-state index contributed by atoms with van der Waals surface area (Å²) in [5, 5.41) is 0. The number of nitrogens with two attached hydrogens (primary N) is 1. The molecule has 1 aromatic carbocycles. The minimum atomic E-state index is -0.455. The standard InChI is InChI=1S/C15H20FN3O/c1-9-8-15(3,4)19(10(2)14(20)18-17)13-6-5-11(16)7-12(9)13/h5-8,10H,17H2,1-4H3,(H,18,20)/t10-/m1/s1. The summed E-state index contributed by atoms with van der Waals surface area (Å²) in [6, 6.07) is 4.16. The van der Waals surface area contributed by atoms with Crippen molar-refractivity contribution in [2.75, 3.05) is 4.90 Å². The average Bonchev–Trinajstić information content (AvgIpc) is 2.37. The summed E-state index contributed by atoms with van der Waals surface area (Å²) in [7, 11) is 0. The third-order valence-electron chi connectivity index (χ3n) is 3.74. The lowest BCUT2D eigenvalue weighted by atomic mass is 9.87. The zero-order chi connectivity index (χ0) is 15.1. The molecule has 1 aliphatic heterocycles. The van der Waals surface area contributed by atoms with Crippen LogP contribution < -0.4 is 16.2 Å². The van der Waals surface area contributed by atoms with E-state index in [2.05, 4.69) is 5.43 Å². The molecule has 108 valence electrons. The molecule has 0 saturated heterocycles. The van der Waals surface area contributed by atoms with E-state index in [-0.39, 0.29) is 17.3 Å². The number of carbonyl (C=O) groups excluding carboxylic acids is 1. The Balaban J connectivity index is 2.59. The maximum Gasteiger partial charge on any atom is 0.256 e. The number of anilines is 1. The number of hydrogen-bond donors (Lipinski definition) is 2. The van der Waals surface area contributed by atoms with Gasteiger partial charge in [-0.3, -0.25) is 10.2 Å². The van der Waals surface area contributed by atoms with Crippen molar-refractivity contribution in [1.82, 2.24) is 5.43 Å². The molecule has 1 aliphatic rings. The van der Waals surface area contributed by atoms with Crippen molar-refractivity contribution in [2.45, 2.75) is 39.3 Å². The van der Waals surface area contributed by atoms with E-state index in [1.54, 1.807) is 13.0 Å². The summed E-state index contributed by atoms with van der Waals surface area (Å²) in [6.45, 7) is 7.77. The summed E-state index contributed by atoms with van der Waals surface area (Å²) in [5.41, 5.74) is 4.47. The number of halogens is 1. The number of carbonyl (C=O) groups is 1. The number of hydrazine groups is 1. The van der Waals surface area contributed by atoms with Gasteiger partial charge in [0.05, 0.1) is 5.54 Å². The van der Waals surface area contributed by atoms with Crippen molar-refractivity contribution in [2.24, 2.45) is 5.84 Å². The van der Waals surface area contributed by atoms with E-state index >= 15 is 0 Å². The quantitative estimate of drug-likeness (QED) is 0.495. The third kappa shape index (κ3) is 2.29. The summed E-state index contributed by atoms with van der Waals surface area (Å²) < 4.78 is 13.5. The Morgan fingerprint density at radius 2 is 2.10 bits per heavy atom. The van der Waals surface area contributed by atoms with Crippen LogP contribution in [0.25, 0.3) is 5.57 Å². The Morgan fingerprint density at radius 1 is 1.45 bits per heavy atom. The number of amides is 1. The number of hydrogen-bond acceptors (Lipinski definition) is 3. The molecule has 0 spiro atoms. The van der Waals surface area contributed by atoms with Crippen molar-refractivity contribution >= 4 is 17.2 Å². The van der Waals surface area contributed by atoms with Crippen LogP contribution in [0.5, 0.6) is 0 Å². The number of benzene rings is 1. The van der Waals surface area contributed by atoms with E-state index in [1.807, 2.05) is 31.7 Å². The van der Waals surface area contributed by atoms with Gasteiger partial charge >= 0.3 is 0 Å². The minimum absolute atomic E-state index is 0.277. The maximum absolute atomic E-state index is 13.5. The van der Waals surface area contributed by atoms with E-state index in [0.29, 0.717) is 0 Å². The van der Waals surface area contributed by atoms with Gasteiger partial charge in [-0.2, -0.15) is 0 Å². The van der Waals surface area contributed by atoms with Gasteiger partial charge in [-0.15, -0.1) is 0 Å². The fraction of sp³-hybridized carbons (Fsp3) is 0.400. The fourth-order valence-corrected chi connectivity index (χ4v) is 2.97. The molecule has 3 N–H and O–H groups in total. The highest BCUT2D eigenvalue weighted by molar-refractivity contribution is 5.89. The van der Waals surface area contributed by atoms with Crippen LogP contribution in [0.3, 0.4) is 0 Å². The first-order valence-corrected chi connectivity index (χ1v) is 6.57. The minimum Gasteiger partial charge on any atom is -0.351 e. The molecule has 1 heterocycles. The van der Waals surface area contributed by atoms with Gasteiger partial charge in [-0.25, -0.2) is 10.2 Å². The molecule has 4 nitrogen and oxygen atoms in total. The van der Waals surface area contributed by atoms with E-state index in [4.69, 9.17) is 5.84 Å². The second-order valence-corrected chi connectivity index (χ2v) is 5.70. The Labute approximate surface area is 118 Å². The molecule has 1 aromatic rings. The maximum atomic E-state index is 13.5. The van der Waals surface area contributed by atoms with Crippen LogP contribution in [0.4, 0.5) is 10.1 Å². The van der Waals surface area contributed by atoms with Gasteiger partial charge in [0.1, 0.15) is 11.9 Å². The summed E-state index contributed by atoms with van der Waals surface area (Å²) in [6.07, 6.45) is 2.04. The molecule has 0 aliphatic carbocycles. The number of fused-ring (bicyclic) bond motifs is 1. The molecular weight excluding hydrogens is 257 g/mol. The summed E-state index contributed by atoms with van der Waals surface area (Å²) in [4.78, 5) is 13.8. The number of nitrogens with one attached hydrogen (secondary N) is 1. The van der Waals surface area contributed by atoms with Crippen LogP contribution in [0, 0.1) is 5.82 Å². The first kappa shape index (κ1) is 14.5.